The van der Waals surface area contributed by atoms with Crippen LogP contribution in [0, 0.1) is 5.92 Å². The lowest BCUT2D eigenvalue weighted by Gasteiger charge is -2.45. The van der Waals surface area contributed by atoms with Crippen molar-refractivity contribution in [2.45, 2.75) is 43.7 Å². The molecule has 0 aromatic rings. The summed E-state index contributed by atoms with van der Waals surface area (Å²) in [6, 6.07) is 0.550. The lowest BCUT2D eigenvalue weighted by molar-refractivity contribution is -0.150. The van der Waals surface area contributed by atoms with Gasteiger partial charge in [-0.2, -0.15) is 0 Å². The van der Waals surface area contributed by atoms with Crippen LogP contribution in [0.15, 0.2) is 0 Å². The summed E-state index contributed by atoms with van der Waals surface area (Å²) in [5, 5.41) is 3.46. The molecule has 0 aromatic heterocycles. The fourth-order valence-corrected chi connectivity index (χ4v) is 3.36. The highest BCUT2D eigenvalue weighted by atomic mass is 16.5. The third kappa shape index (κ3) is 3.44. The molecule has 0 amide bonds. The van der Waals surface area contributed by atoms with E-state index in [4.69, 9.17) is 14.2 Å². The van der Waals surface area contributed by atoms with E-state index in [1.54, 1.807) is 7.11 Å². The molecule has 2 unspecified atom stereocenters. The summed E-state index contributed by atoms with van der Waals surface area (Å²) in [5.74, 6) is 0.706. The van der Waals surface area contributed by atoms with Crippen molar-refractivity contribution in [2.24, 2.45) is 5.92 Å². The van der Waals surface area contributed by atoms with Crippen molar-refractivity contribution in [3.05, 3.63) is 0 Å². The highest BCUT2D eigenvalue weighted by molar-refractivity contribution is 4.92. The minimum absolute atomic E-state index is 0.101. The molecule has 0 saturated carbocycles. The monoisotopic (exact) mass is 257 g/mol. The Morgan fingerprint density at radius 2 is 2.11 bits per heavy atom. The maximum absolute atomic E-state index is 6.10. The molecule has 0 bridgehead atoms. The predicted molar refractivity (Wildman–Crippen MR) is 70.8 cm³/mol. The summed E-state index contributed by atoms with van der Waals surface area (Å²) in [7, 11) is 3.84. The Kier molecular flexibility index (Phi) is 5.42. The van der Waals surface area contributed by atoms with E-state index in [1.807, 2.05) is 0 Å². The molecule has 1 N–H and O–H groups in total. The second kappa shape index (κ2) is 6.85. The lowest BCUT2D eigenvalue weighted by atomic mass is 9.77. The first-order valence-corrected chi connectivity index (χ1v) is 7.17. The minimum Gasteiger partial charge on any atom is -0.385 e. The molecule has 2 atom stereocenters. The summed E-state index contributed by atoms with van der Waals surface area (Å²) in [4.78, 5) is 0. The molecule has 0 aromatic carbocycles. The molecule has 2 aliphatic rings. The highest BCUT2D eigenvalue weighted by Crippen LogP contribution is 2.38. The maximum Gasteiger partial charge on any atom is 0.0729 e. The number of nitrogens with one attached hydrogen (secondary N) is 1. The molecule has 0 aliphatic carbocycles. The van der Waals surface area contributed by atoms with Crippen molar-refractivity contribution >= 4 is 0 Å². The largest absolute Gasteiger partial charge is 0.385 e. The van der Waals surface area contributed by atoms with Crippen LogP contribution in [0.4, 0.5) is 0 Å². The van der Waals surface area contributed by atoms with Gasteiger partial charge in [0.05, 0.1) is 5.60 Å². The second-order valence-electron chi connectivity index (χ2n) is 5.57. The molecule has 1 spiro atoms. The van der Waals surface area contributed by atoms with E-state index in [0.29, 0.717) is 12.0 Å². The van der Waals surface area contributed by atoms with Crippen molar-refractivity contribution < 1.29 is 14.2 Å². The van der Waals surface area contributed by atoms with Gasteiger partial charge >= 0.3 is 0 Å². The first-order chi connectivity index (χ1) is 8.79. The molecular weight excluding hydrogens is 230 g/mol. The summed E-state index contributed by atoms with van der Waals surface area (Å²) in [6.45, 7) is 3.44. The van der Waals surface area contributed by atoms with Crippen molar-refractivity contribution in [3.63, 3.8) is 0 Å². The zero-order valence-electron chi connectivity index (χ0n) is 11.7. The molecule has 106 valence electrons. The van der Waals surface area contributed by atoms with Gasteiger partial charge in [0, 0.05) is 39.6 Å². The zero-order valence-corrected chi connectivity index (χ0v) is 11.7. The van der Waals surface area contributed by atoms with Crippen LogP contribution < -0.4 is 5.32 Å². The Bertz CT molecular complexity index is 236. The van der Waals surface area contributed by atoms with Crippen LogP contribution in [0.2, 0.25) is 0 Å². The molecule has 4 heteroatoms. The van der Waals surface area contributed by atoms with Crippen LogP contribution in [0.1, 0.15) is 32.1 Å². The fraction of sp³-hybridized carbons (Fsp3) is 1.00. The Balaban J connectivity index is 1.91. The van der Waals surface area contributed by atoms with E-state index in [-0.39, 0.29) is 5.60 Å². The summed E-state index contributed by atoms with van der Waals surface area (Å²) in [5.41, 5.74) is 0.101. The van der Waals surface area contributed by atoms with Crippen LogP contribution in [-0.2, 0) is 14.2 Å². The van der Waals surface area contributed by atoms with Gasteiger partial charge in [-0.3, -0.25) is 0 Å². The predicted octanol–water partition coefficient (Wildman–Crippen LogP) is 1.59. The SMILES string of the molecule is CNC(CCOC)C1CCOC2(CCOCC2)C1. The van der Waals surface area contributed by atoms with E-state index in [0.717, 1.165) is 52.1 Å². The van der Waals surface area contributed by atoms with Gasteiger partial charge in [-0.15, -0.1) is 0 Å². The second-order valence-corrected chi connectivity index (χ2v) is 5.57. The van der Waals surface area contributed by atoms with Gasteiger partial charge in [-0.25, -0.2) is 0 Å². The van der Waals surface area contributed by atoms with Gasteiger partial charge in [-0.05, 0) is 45.1 Å². The molecule has 2 fully saturated rings. The maximum atomic E-state index is 6.10. The molecular formula is C14H27NO3. The third-order valence-corrected chi connectivity index (χ3v) is 4.51. The fourth-order valence-electron chi connectivity index (χ4n) is 3.36. The van der Waals surface area contributed by atoms with Gasteiger partial charge in [0.25, 0.3) is 0 Å². The van der Waals surface area contributed by atoms with E-state index in [9.17, 15) is 0 Å². The quantitative estimate of drug-likeness (QED) is 0.812. The van der Waals surface area contributed by atoms with Crippen LogP contribution in [0.25, 0.3) is 0 Å². The summed E-state index contributed by atoms with van der Waals surface area (Å²) in [6.07, 6.45) is 5.54. The van der Waals surface area contributed by atoms with Crippen molar-refractivity contribution in [1.82, 2.24) is 5.32 Å². The lowest BCUT2D eigenvalue weighted by Crippen LogP contribution is -2.49. The van der Waals surface area contributed by atoms with Gasteiger partial charge in [0.1, 0.15) is 0 Å². The Labute approximate surface area is 110 Å². The minimum atomic E-state index is 0.101. The number of rotatable bonds is 5. The third-order valence-electron chi connectivity index (χ3n) is 4.51. The van der Waals surface area contributed by atoms with Crippen LogP contribution in [0.3, 0.4) is 0 Å². The van der Waals surface area contributed by atoms with Gasteiger partial charge in [0.2, 0.25) is 0 Å². The van der Waals surface area contributed by atoms with Crippen LogP contribution in [-0.4, -0.2) is 52.2 Å². The smallest absolute Gasteiger partial charge is 0.0729 e. The van der Waals surface area contributed by atoms with E-state index >= 15 is 0 Å². The first kappa shape index (κ1) is 14.3. The molecule has 2 aliphatic heterocycles. The standard InChI is InChI=1S/C14H27NO3/c1-15-13(4-7-16-2)12-3-8-18-14(11-12)5-9-17-10-6-14/h12-13,15H,3-11H2,1-2H3. The average Bonchev–Trinajstić information content (AvgIpc) is 2.41. The molecule has 2 saturated heterocycles. The number of hydrogen-bond donors (Lipinski definition) is 1. The zero-order chi connectivity index (χ0) is 12.8. The molecule has 18 heavy (non-hydrogen) atoms. The Morgan fingerprint density at radius 3 is 2.78 bits per heavy atom. The molecule has 0 radical (unpaired) electrons. The number of ether oxygens (including phenoxy) is 3. The van der Waals surface area contributed by atoms with E-state index in [2.05, 4.69) is 12.4 Å². The molecule has 2 heterocycles. The Morgan fingerprint density at radius 1 is 1.33 bits per heavy atom. The molecule has 2 rings (SSSR count). The topological polar surface area (TPSA) is 39.7 Å². The number of hydrogen-bond acceptors (Lipinski definition) is 4. The summed E-state index contributed by atoms with van der Waals surface area (Å²) < 4.78 is 16.8. The normalized spacial score (nSPS) is 29.3. The summed E-state index contributed by atoms with van der Waals surface area (Å²) >= 11 is 0. The van der Waals surface area contributed by atoms with Gasteiger partial charge in [-0.1, -0.05) is 0 Å². The average molecular weight is 257 g/mol. The highest BCUT2D eigenvalue weighted by Gasteiger charge is 2.40. The Hall–Kier alpha value is -0.160. The van der Waals surface area contributed by atoms with E-state index in [1.165, 1.54) is 6.42 Å². The molecule has 4 nitrogen and oxygen atoms in total. The van der Waals surface area contributed by atoms with Crippen molar-refractivity contribution in [1.29, 1.82) is 0 Å². The number of methoxy groups -OCH3 is 1. The van der Waals surface area contributed by atoms with Crippen molar-refractivity contribution in [3.8, 4) is 0 Å². The van der Waals surface area contributed by atoms with Crippen LogP contribution >= 0.6 is 0 Å². The van der Waals surface area contributed by atoms with Gasteiger partial charge < -0.3 is 19.5 Å². The first-order valence-electron chi connectivity index (χ1n) is 7.17. The van der Waals surface area contributed by atoms with Crippen molar-refractivity contribution in [2.75, 3.05) is 40.6 Å². The van der Waals surface area contributed by atoms with E-state index < -0.39 is 0 Å². The van der Waals surface area contributed by atoms with Crippen LogP contribution in [0.5, 0.6) is 0 Å². The van der Waals surface area contributed by atoms with Gasteiger partial charge in [0.15, 0.2) is 0 Å².